The lowest BCUT2D eigenvalue weighted by Crippen LogP contribution is -2.57. The van der Waals surface area contributed by atoms with Crippen LogP contribution in [0.25, 0.3) is 11.1 Å². The number of ether oxygens (including phenoxy) is 2. The quantitative estimate of drug-likeness (QED) is 0.300. The molecule has 46 heavy (non-hydrogen) atoms. The van der Waals surface area contributed by atoms with Crippen molar-refractivity contribution in [3.8, 4) is 11.1 Å². The molecule has 11 nitrogen and oxygen atoms in total. The number of hydrogen-bond acceptors (Lipinski definition) is 9. The van der Waals surface area contributed by atoms with Gasteiger partial charge in [0.15, 0.2) is 0 Å². The van der Waals surface area contributed by atoms with Crippen LogP contribution in [0.15, 0.2) is 42.7 Å². The van der Waals surface area contributed by atoms with Crippen LogP contribution in [0.2, 0.25) is 0 Å². The molecule has 2 fully saturated rings. The molecule has 4 aromatic rings. The van der Waals surface area contributed by atoms with E-state index in [1.54, 1.807) is 0 Å². The lowest BCUT2D eigenvalue weighted by atomic mass is 10.1. The second-order valence-electron chi connectivity index (χ2n) is 12.7. The fourth-order valence-corrected chi connectivity index (χ4v) is 6.92. The Kier molecular flexibility index (Phi) is 7.51. The van der Waals surface area contributed by atoms with Crippen LogP contribution in [0, 0.1) is 0 Å². The molecule has 0 aliphatic carbocycles. The fraction of sp³-hybridized carbons (Fsp3) is 0.485. The molecule has 2 unspecified atom stereocenters. The van der Waals surface area contributed by atoms with E-state index in [2.05, 4.69) is 27.4 Å². The van der Waals surface area contributed by atoms with E-state index < -0.39 is 25.2 Å². The van der Waals surface area contributed by atoms with Gasteiger partial charge in [0.1, 0.15) is 18.3 Å². The van der Waals surface area contributed by atoms with Crippen LogP contribution in [-0.2, 0) is 42.5 Å². The van der Waals surface area contributed by atoms with Gasteiger partial charge in [-0.05, 0) is 55.0 Å². The highest BCUT2D eigenvalue weighted by Crippen LogP contribution is 2.36. The number of nitrogens with one attached hydrogen (secondary N) is 1. The van der Waals surface area contributed by atoms with Gasteiger partial charge >= 0.3 is 0 Å². The molecule has 4 aliphatic heterocycles. The summed E-state index contributed by atoms with van der Waals surface area (Å²) in [6.45, 7) is 2.23. The smallest absolute Gasteiger partial charge is 0.273 e. The molecule has 2 atom stereocenters. The predicted molar refractivity (Wildman–Crippen MR) is 167 cm³/mol. The highest BCUT2D eigenvalue weighted by atomic mass is 19.3. The molecule has 2 saturated heterocycles. The number of rotatable bonds is 7. The number of nitrogens with zero attached hydrogens (tertiary/aromatic N) is 7. The zero-order valence-corrected chi connectivity index (χ0v) is 25.8. The van der Waals surface area contributed by atoms with E-state index in [0.29, 0.717) is 44.4 Å². The molecule has 8 rings (SSSR count). The van der Waals surface area contributed by atoms with E-state index in [1.807, 2.05) is 46.9 Å². The van der Waals surface area contributed by atoms with E-state index in [0.717, 1.165) is 77.4 Å². The summed E-state index contributed by atoms with van der Waals surface area (Å²) in [6.07, 6.45) is 7.56. The van der Waals surface area contributed by atoms with Crippen molar-refractivity contribution in [2.24, 2.45) is 7.05 Å². The zero-order chi connectivity index (χ0) is 31.4. The van der Waals surface area contributed by atoms with Crippen LogP contribution in [0.4, 0.5) is 26.2 Å². The van der Waals surface area contributed by atoms with Gasteiger partial charge in [-0.25, -0.2) is 18.4 Å². The molecule has 3 aromatic heterocycles. The van der Waals surface area contributed by atoms with Crippen LogP contribution >= 0.6 is 0 Å². The number of fused-ring (bicyclic) bond motifs is 2. The van der Waals surface area contributed by atoms with Crippen molar-refractivity contribution in [1.82, 2.24) is 29.2 Å². The summed E-state index contributed by atoms with van der Waals surface area (Å²) in [5, 5.41) is 18.9. The van der Waals surface area contributed by atoms with Gasteiger partial charge in [-0.15, -0.1) is 0 Å². The molecule has 7 heterocycles. The minimum absolute atomic E-state index is 0.00625. The van der Waals surface area contributed by atoms with Crippen molar-refractivity contribution in [2.45, 2.75) is 63.6 Å². The number of halogens is 2. The number of aromatic nitrogens is 5. The van der Waals surface area contributed by atoms with E-state index in [-0.39, 0.29) is 6.23 Å². The second kappa shape index (κ2) is 11.7. The molecule has 0 radical (unpaired) electrons. The molecule has 13 heteroatoms. The van der Waals surface area contributed by atoms with Gasteiger partial charge in [-0.3, -0.25) is 4.90 Å². The van der Waals surface area contributed by atoms with E-state index in [9.17, 15) is 13.9 Å². The summed E-state index contributed by atoms with van der Waals surface area (Å²) in [5.74, 6) is -1.38. The Balaban J connectivity index is 1.01. The SMILES string of the molecule is Cn1c(C(O)N2CC(F)(F)C2)cc2c1CN(c1nc3c(c(Nc4ccc(-c5cnn(C6CCCCO6)c5)cc4)n1)COCC3)CC2. The van der Waals surface area contributed by atoms with Gasteiger partial charge in [0, 0.05) is 55.3 Å². The Morgan fingerprint density at radius 2 is 1.91 bits per heavy atom. The Bertz CT molecular complexity index is 1730. The number of benzene rings is 1. The molecule has 4 aliphatic rings. The second-order valence-corrected chi connectivity index (χ2v) is 12.7. The van der Waals surface area contributed by atoms with Crippen molar-refractivity contribution in [1.29, 1.82) is 0 Å². The van der Waals surface area contributed by atoms with Crippen molar-refractivity contribution in [3.63, 3.8) is 0 Å². The molecule has 242 valence electrons. The average Bonchev–Trinajstić information content (AvgIpc) is 3.69. The number of hydrogen-bond donors (Lipinski definition) is 2. The third kappa shape index (κ3) is 5.55. The monoisotopic (exact) mass is 632 g/mol. The molecule has 0 spiro atoms. The molecule has 0 amide bonds. The lowest BCUT2D eigenvalue weighted by molar-refractivity contribution is -0.187. The van der Waals surface area contributed by atoms with Gasteiger partial charge in [-0.1, -0.05) is 12.1 Å². The first kappa shape index (κ1) is 29.5. The summed E-state index contributed by atoms with van der Waals surface area (Å²) in [5.41, 5.74) is 7.72. The maximum atomic E-state index is 13.5. The van der Waals surface area contributed by atoms with Gasteiger partial charge in [0.2, 0.25) is 5.95 Å². The third-order valence-corrected chi connectivity index (χ3v) is 9.58. The molecule has 0 bridgehead atoms. The first-order chi connectivity index (χ1) is 22.3. The third-order valence-electron chi connectivity index (χ3n) is 9.58. The summed E-state index contributed by atoms with van der Waals surface area (Å²) in [7, 11) is 1.88. The van der Waals surface area contributed by atoms with Crippen LogP contribution < -0.4 is 10.2 Å². The van der Waals surface area contributed by atoms with Crippen LogP contribution in [-0.4, -0.2) is 73.1 Å². The standard InChI is InChI=1S/C33H38F2N8O3/c1-40-27(31(44)42-19-33(34,35)20-42)14-22-9-11-41(17-28(22)40)32-38-26-10-13-45-18-25(26)30(39-32)37-24-7-5-21(6-8-24)23-15-36-43(16-23)29-4-2-3-12-46-29/h5-8,14-16,29,31,44H,2-4,9-13,17-20H2,1H3,(H,37,38,39). The topological polar surface area (TPSA) is 106 Å². The van der Waals surface area contributed by atoms with E-state index in [1.165, 1.54) is 4.90 Å². The summed E-state index contributed by atoms with van der Waals surface area (Å²) >= 11 is 0. The Morgan fingerprint density at radius 1 is 1.07 bits per heavy atom. The van der Waals surface area contributed by atoms with Crippen molar-refractivity contribution < 1.29 is 23.4 Å². The van der Waals surface area contributed by atoms with Crippen LogP contribution in [0.1, 0.15) is 59.9 Å². The number of anilines is 3. The highest BCUT2D eigenvalue weighted by molar-refractivity contribution is 5.68. The van der Waals surface area contributed by atoms with E-state index in [4.69, 9.17) is 19.4 Å². The lowest BCUT2D eigenvalue weighted by Gasteiger charge is -2.41. The first-order valence-corrected chi connectivity index (χ1v) is 16.0. The van der Waals surface area contributed by atoms with Gasteiger partial charge in [-0.2, -0.15) is 10.1 Å². The number of aliphatic hydroxyl groups is 1. The fourth-order valence-electron chi connectivity index (χ4n) is 6.92. The minimum atomic E-state index is -2.74. The number of alkyl halides is 2. The van der Waals surface area contributed by atoms with Crippen LogP contribution in [0.5, 0.6) is 0 Å². The Hall–Kier alpha value is -3.91. The summed E-state index contributed by atoms with van der Waals surface area (Å²) in [4.78, 5) is 13.5. The van der Waals surface area contributed by atoms with Crippen LogP contribution in [0.3, 0.4) is 0 Å². The van der Waals surface area contributed by atoms with Gasteiger partial charge in [0.05, 0.1) is 50.4 Å². The molecule has 0 saturated carbocycles. The Morgan fingerprint density at radius 3 is 2.70 bits per heavy atom. The van der Waals surface area contributed by atoms with Gasteiger partial charge < -0.3 is 29.4 Å². The van der Waals surface area contributed by atoms with E-state index >= 15 is 0 Å². The number of likely N-dealkylation sites (tertiary alicyclic amines) is 1. The predicted octanol–water partition coefficient (Wildman–Crippen LogP) is 4.70. The molecule has 1 aromatic carbocycles. The van der Waals surface area contributed by atoms with Crippen molar-refractivity contribution in [3.05, 3.63) is 70.9 Å². The Labute approximate surface area is 265 Å². The van der Waals surface area contributed by atoms with Crippen molar-refractivity contribution >= 4 is 17.5 Å². The average molecular weight is 633 g/mol. The highest BCUT2D eigenvalue weighted by Gasteiger charge is 2.47. The van der Waals surface area contributed by atoms with Crippen molar-refractivity contribution in [2.75, 3.05) is 43.1 Å². The first-order valence-electron chi connectivity index (χ1n) is 16.0. The molecule has 2 N–H and O–H groups in total. The number of aliphatic hydroxyl groups excluding tert-OH is 1. The maximum Gasteiger partial charge on any atom is 0.273 e. The normalized spacial score (nSPS) is 21.7. The maximum absolute atomic E-state index is 13.5. The molecular weight excluding hydrogens is 594 g/mol. The zero-order valence-electron chi connectivity index (χ0n) is 25.8. The summed E-state index contributed by atoms with van der Waals surface area (Å²) in [6, 6.07) is 10.2. The largest absolute Gasteiger partial charge is 0.376 e. The van der Waals surface area contributed by atoms with Gasteiger partial charge in [0.25, 0.3) is 5.92 Å². The molecular formula is C33H38F2N8O3. The summed E-state index contributed by atoms with van der Waals surface area (Å²) < 4.78 is 42.5. The minimum Gasteiger partial charge on any atom is -0.376 e.